The van der Waals surface area contributed by atoms with Gasteiger partial charge >= 0.3 is 6.18 Å². The highest BCUT2D eigenvalue weighted by molar-refractivity contribution is 5.91. The number of anilines is 1. The molecule has 1 amide bonds. The molecule has 3 rings (SSSR count). The van der Waals surface area contributed by atoms with E-state index >= 15 is 0 Å². The Morgan fingerprint density at radius 1 is 1.23 bits per heavy atom. The molecular weight excluding hydrogens is 345 g/mol. The van der Waals surface area contributed by atoms with Gasteiger partial charge in [0.05, 0.1) is 11.3 Å². The van der Waals surface area contributed by atoms with Gasteiger partial charge in [-0.2, -0.15) is 23.5 Å². The molecule has 1 aliphatic rings. The quantitative estimate of drug-likeness (QED) is 0.847. The Labute approximate surface area is 148 Å². The van der Waals surface area contributed by atoms with Crippen molar-refractivity contribution in [2.24, 2.45) is 0 Å². The van der Waals surface area contributed by atoms with Crippen LogP contribution in [0.25, 0.3) is 0 Å². The van der Waals surface area contributed by atoms with E-state index in [1.807, 2.05) is 6.07 Å². The number of aromatic nitrogens is 2. The molecule has 5 nitrogen and oxygen atoms in total. The molecule has 0 unspecified atom stereocenters. The number of benzene rings is 1. The first kappa shape index (κ1) is 18.0. The van der Waals surface area contributed by atoms with Gasteiger partial charge in [0, 0.05) is 11.3 Å². The number of carbonyl (C=O) groups excluding carboxylic acids is 1. The fraction of sp³-hybridized carbons (Fsp3) is 0.389. The van der Waals surface area contributed by atoms with Crippen LogP contribution in [0.5, 0.6) is 0 Å². The summed E-state index contributed by atoms with van der Waals surface area (Å²) in [5.41, 5.74) is 0.420. The van der Waals surface area contributed by atoms with Crippen molar-refractivity contribution in [2.75, 3.05) is 5.32 Å². The average Bonchev–Trinajstić information content (AvgIpc) is 2.78. The van der Waals surface area contributed by atoms with Crippen LogP contribution in [0, 0.1) is 11.3 Å². The van der Waals surface area contributed by atoms with Crippen LogP contribution in [-0.2, 0) is 30.4 Å². The minimum absolute atomic E-state index is 0.209. The number of rotatable bonds is 3. The molecule has 0 saturated heterocycles. The Hall–Kier alpha value is -2.82. The molecule has 26 heavy (non-hydrogen) atoms. The van der Waals surface area contributed by atoms with Gasteiger partial charge in [0.25, 0.3) is 0 Å². The summed E-state index contributed by atoms with van der Waals surface area (Å²) in [6.07, 6.45) is -1.43. The molecule has 2 aromatic rings. The molecule has 1 heterocycles. The lowest BCUT2D eigenvalue weighted by atomic mass is 10.1. The fourth-order valence-electron chi connectivity index (χ4n) is 3.22. The number of fused-ring (bicyclic) bond motifs is 1. The number of alkyl halides is 3. The standard InChI is InChI=1S/C18H17F3N4O/c19-18(20,21)17-13-7-2-1-3-9-15(13)25(24-17)11-16(26)23-14-8-5-4-6-12(14)10-22/h4-6,8H,1-3,7,9,11H2,(H,23,26). The summed E-state index contributed by atoms with van der Waals surface area (Å²) in [6, 6.07) is 8.41. The van der Waals surface area contributed by atoms with Crippen molar-refractivity contribution in [2.45, 2.75) is 44.8 Å². The highest BCUT2D eigenvalue weighted by Crippen LogP contribution is 2.35. The topological polar surface area (TPSA) is 70.7 Å². The predicted molar refractivity (Wildman–Crippen MR) is 88.3 cm³/mol. The maximum atomic E-state index is 13.3. The molecule has 0 atom stereocenters. The Morgan fingerprint density at radius 2 is 1.96 bits per heavy atom. The Bertz CT molecular complexity index is 864. The van der Waals surface area contributed by atoms with Crippen LogP contribution in [0.3, 0.4) is 0 Å². The molecule has 8 heteroatoms. The van der Waals surface area contributed by atoms with Crippen LogP contribution in [0.2, 0.25) is 0 Å². The summed E-state index contributed by atoms with van der Waals surface area (Å²) in [7, 11) is 0. The molecule has 1 aliphatic carbocycles. The number of nitrogens with one attached hydrogen (secondary N) is 1. The maximum Gasteiger partial charge on any atom is 0.435 e. The third-order valence-electron chi connectivity index (χ3n) is 4.39. The number of para-hydroxylation sites is 1. The van der Waals surface area contributed by atoms with Crippen LogP contribution in [-0.4, -0.2) is 15.7 Å². The third kappa shape index (κ3) is 3.72. The molecule has 0 fully saturated rings. The molecule has 0 radical (unpaired) electrons. The van der Waals surface area contributed by atoms with Crippen LogP contribution in [0.15, 0.2) is 24.3 Å². The van der Waals surface area contributed by atoms with Crippen LogP contribution >= 0.6 is 0 Å². The smallest absolute Gasteiger partial charge is 0.323 e. The summed E-state index contributed by atoms with van der Waals surface area (Å²) >= 11 is 0. The molecule has 1 aromatic carbocycles. The van der Waals surface area contributed by atoms with Gasteiger partial charge in [-0.3, -0.25) is 9.48 Å². The number of hydrogen-bond acceptors (Lipinski definition) is 3. The number of nitrogens with zero attached hydrogens (tertiary/aromatic N) is 3. The van der Waals surface area contributed by atoms with Crippen LogP contribution in [0.4, 0.5) is 18.9 Å². The first-order valence-electron chi connectivity index (χ1n) is 8.35. The lowest BCUT2D eigenvalue weighted by Gasteiger charge is -2.09. The monoisotopic (exact) mass is 362 g/mol. The van der Waals surface area contributed by atoms with Crippen molar-refractivity contribution in [3.05, 3.63) is 46.8 Å². The highest BCUT2D eigenvalue weighted by Gasteiger charge is 2.39. The van der Waals surface area contributed by atoms with Crippen molar-refractivity contribution in [3.8, 4) is 6.07 Å². The zero-order valence-electron chi connectivity index (χ0n) is 13.9. The first-order chi connectivity index (χ1) is 12.4. The van der Waals surface area contributed by atoms with E-state index in [1.54, 1.807) is 24.3 Å². The van der Waals surface area contributed by atoms with Gasteiger partial charge in [-0.1, -0.05) is 18.6 Å². The molecule has 0 bridgehead atoms. The summed E-state index contributed by atoms with van der Waals surface area (Å²) < 4.78 is 41.0. The Morgan fingerprint density at radius 3 is 2.69 bits per heavy atom. The maximum absolute atomic E-state index is 13.3. The van der Waals surface area contributed by atoms with Crippen LogP contribution in [0.1, 0.15) is 41.8 Å². The van der Waals surface area contributed by atoms with Crippen molar-refractivity contribution >= 4 is 11.6 Å². The minimum Gasteiger partial charge on any atom is -0.323 e. The van der Waals surface area contributed by atoms with E-state index < -0.39 is 17.8 Å². The van der Waals surface area contributed by atoms with Gasteiger partial charge in [-0.15, -0.1) is 0 Å². The summed E-state index contributed by atoms with van der Waals surface area (Å²) in [4.78, 5) is 12.3. The summed E-state index contributed by atoms with van der Waals surface area (Å²) in [5, 5.41) is 15.3. The molecule has 1 N–H and O–H groups in total. The first-order valence-corrected chi connectivity index (χ1v) is 8.35. The normalized spacial score (nSPS) is 14.2. The second-order valence-electron chi connectivity index (χ2n) is 6.20. The Kier molecular flexibility index (Phi) is 4.98. The lowest BCUT2D eigenvalue weighted by Crippen LogP contribution is -2.22. The van der Waals surface area contributed by atoms with Gasteiger partial charge in [0.15, 0.2) is 5.69 Å². The number of nitriles is 1. The van der Waals surface area contributed by atoms with Gasteiger partial charge in [-0.25, -0.2) is 0 Å². The van der Waals surface area contributed by atoms with Crippen molar-refractivity contribution in [1.82, 2.24) is 9.78 Å². The van der Waals surface area contributed by atoms with E-state index in [0.717, 1.165) is 17.5 Å². The van der Waals surface area contributed by atoms with Crippen LogP contribution < -0.4 is 5.32 Å². The molecule has 0 aliphatic heterocycles. The van der Waals surface area contributed by atoms with E-state index in [9.17, 15) is 18.0 Å². The molecule has 136 valence electrons. The molecule has 0 spiro atoms. The van der Waals surface area contributed by atoms with Crippen molar-refractivity contribution < 1.29 is 18.0 Å². The lowest BCUT2D eigenvalue weighted by molar-refractivity contribution is -0.142. The SMILES string of the molecule is N#Cc1ccccc1NC(=O)Cn1nc(C(F)(F)F)c2c1CCCCC2. The van der Waals surface area contributed by atoms with Crippen molar-refractivity contribution in [3.63, 3.8) is 0 Å². The molecule has 1 aromatic heterocycles. The van der Waals surface area contributed by atoms with E-state index in [2.05, 4.69) is 10.4 Å². The number of carbonyl (C=O) groups is 1. The fourth-order valence-corrected chi connectivity index (χ4v) is 3.22. The van der Waals surface area contributed by atoms with E-state index in [4.69, 9.17) is 5.26 Å². The molecular formula is C18H17F3N4O. The van der Waals surface area contributed by atoms with E-state index in [-0.39, 0.29) is 17.7 Å². The number of amides is 1. The predicted octanol–water partition coefficient (Wildman–Crippen LogP) is 3.68. The number of halogens is 3. The van der Waals surface area contributed by atoms with Gasteiger partial charge < -0.3 is 5.32 Å². The van der Waals surface area contributed by atoms with Crippen molar-refractivity contribution in [1.29, 1.82) is 5.26 Å². The largest absolute Gasteiger partial charge is 0.435 e. The second-order valence-corrected chi connectivity index (χ2v) is 6.20. The second kappa shape index (κ2) is 7.20. The number of hydrogen-bond donors (Lipinski definition) is 1. The zero-order valence-corrected chi connectivity index (χ0v) is 13.9. The van der Waals surface area contributed by atoms with Gasteiger partial charge in [-0.05, 0) is 37.8 Å². The minimum atomic E-state index is -4.54. The summed E-state index contributed by atoms with van der Waals surface area (Å²) in [6.45, 7) is -0.321. The van der Waals surface area contributed by atoms with E-state index in [0.29, 0.717) is 30.6 Å². The van der Waals surface area contributed by atoms with E-state index in [1.165, 1.54) is 0 Å². The van der Waals surface area contributed by atoms with Gasteiger partial charge in [0.2, 0.25) is 5.91 Å². The average molecular weight is 362 g/mol. The van der Waals surface area contributed by atoms with Gasteiger partial charge in [0.1, 0.15) is 12.6 Å². The summed E-state index contributed by atoms with van der Waals surface area (Å²) in [5.74, 6) is -0.518. The molecule has 0 saturated carbocycles. The zero-order chi connectivity index (χ0) is 18.7. The third-order valence-corrected chi connectivity index (χ3v) is 4.39. The Balaban J connectivity index is 1.86. The highest BCUT2D eigenvalue weighted by atomic mass is 19.4.